The number of hydrogen-bond donors (Lipinski definition) is 1. The number of hydrogen-bond acceptors (Lipinski definition) is 6. The van der Waals surface area contributed by atoms with Crippen LogP contribution < -0.4 is 5.32 Å². The molecule has 0 aromatic rings. The van der Waals surface area contributed by atoms with Crippen LogP contribution in [0.5, 0.6) is 0 Å². The lowest BCUT2D eigenvalue weighted by atomic mass is 10.1. The molecule has 0 aromatic carbocycles. The number of unbranched alkanes of at least 4 members (excludes halogenated alkanes) is 22. The predicted octanol–water partition coefficient (Wildman–Crippen LogP) is 11.0. The van der Waals surface area contributed by atoms with E-state index in [9.17, 15) is 4.79 Å². The Hall–Kier alpha value is -0.890. The van der Waals surface area contributed by atoms with E-state index in [2.05, 4.69) is 19.2 Å². The maximum atomic E-state index is 12.3. The smallest absolute Gasteiger partial charge is 0.407 e. The second-order valence-corrected chi connectivity index (χ2v) is 13.3. The molecular weight excluding hydrogens is 578 g/mol. The Morgan fingerprint density at radius 2 is 1.00 bits per heavy atom. The Bertz CT molecular complexity index is 593. The molecule has 1 unspecified atom stereocenters. The average Bonchev–Trinajstić information content (AvgIpc) is 3.05. The Morgan fingerprint density at radius 3 is 1.48 bits per heavy atom. The second kappa shape index (κ2) is 38.6. The topological polar surface area (TPSA) is 75.3 Å². The second-order valence-electron chi connectivity index (χ2n) is 13.3. The van der Waals surface area contributed by atoms with Crippen LogP contribution in [-0.4, -0.2) is 71.6 Å². The SMILES string of the molecule is CCCCCCCCCCCCCCOC[C@H](COC(=O)NCCC(C)OCCOC)OCCCCCCCCCCCCCC. The molecule has 0 heterocycles. The van der Waals surface area contributed by atoms with E-state index >= 15 is 0 Å². The fourth-order valence-electron chi connectivity index (χ4n) is 5.61. The van der Waals surface area contributed by atoms with E-state index in [4.69, 9.17) is 23.7 Å². The van der Waals surface area contributed by atoms with Crippen LogP contribution in [0.1, 0.15) is 181 Å². The van der Waals surface area contributed by atoms with Gasteiger partial charge < -0.3 is 29.0 Å². The Morgan fingerprint density at radius 1 is 0.543 bits per heavy atom. The molecule has 1 amide bonds. The standard InChI is InChI=1S/C39H79NO6/c1-5-7-9-11-13-15-17-19-21-23-25-27-31-43-35-38(36-46-39(41)40-30-29-37(3)44-34-33-42-4)45-32-28-26-24-22-20-18-16-14-12-10-8-6-2/h37-38H,5-36H2,1-4H3,(H,40,41)/t37?,38-/m1/s1. The fourth-order valence-corrected chi connectivity index (χ4v) is 5.61. The molecule has 0 bridgehead atoms. The largest absolute Gasteiger partial charge is 0.447 e. The summed E-state index contributed by atoms with van der Waals surface area (Å²) in [5, 5.41) is 2.83. The molecule has 0 aliphatic heterocycles. The lowest BCUT2D eigenvalue weighted by Gasteiger charge is -2.19. The third-order valence-corrected chi connectivity index (χ3v) is 8.71. The van der Waals surface area contributed by atoms with Gasteiger partial charge in [0.1, 0.15) is 12.7 Å². The van der Waals surface area contributed by atoms with E-state index in [1.54, 1.807) is 7.11 Å². The zero-order valence-corrected chi connectivity index (χ0v) is 31.2. The van der Waals surface area contributed by atoms with Gasteiger partial charge in [-0.3, -0.25) is 0 Å². The summed E-state index contributed by atoms with van der Waals surface area (Å²) in [5.41, 5.74) is 0. The molecule has 0 aliphatic rings. The molecule has 0 fully saturated rings. The van der Waals surface area contributed by atoms with Crippen molar-refractivity contribution < 1.29 is 28.5 Å². The van der Waals surface area contributed by atoms with Crippen molar-refractivity contribution >= 4 is 6.09 Å². The van der Waals surface area contributed by atoms with Gasteiger partial charge in [0.15, 0.2) is 0 Å². The van der Waals surface area contributed by atoms with E-state index in [-0.39, 0.29) is 18.8 Å². The molecular formula is C39H79NO6. The van der Waals surface area contributed by atoms with Crippen LogP contribution >= 0.6 is 0 Å². The van der Waals surface area contributed by atoms with Crippen molar-refractivity contribution in [1.82, 2.24) is 5.32 Å². The van der Waals surface area contributed by atoms with Gasteiger partial charge in [-0.1, -0.05) is 155 Å². The van der Waals surface area contributed by atoms with Crippen molar-refractivity contribution in [2.75, 3.05) is 53.3 Å². The van der Waals surface area contributed by atoms with Crippen LogP contribution in [0.2, 0.25) is 0 Å². The molecule has 0 saturated heterocycles. The molecule has 0 aromatic heterocycles. The number of carbonyl (C=O) groups excluding carboxylic acids is 1. The van der Waals surface area contributed by atoms with Gasteiger partial charge in [0, 0.05) is 26.9 Å². The fraction of sp³-hybridized carbons (Fsp3) is 0.974. The Labute approximate surface area is 286 Å². The first-order valence-electron chi connectivity index (χ1n) is 19.8. The minimum Gasteiger partial charge on any atom is -0.447 e. The van der Waals surface area contributed by atoms with Gasteiger partial charge in [0.05, 0.1) is 25.9 Å². The highest BCUT2D eigenvalue weighted by Gasteiger charge is 2.14. The molecule has 0 saturated carbocycles. The van der Waals surface area contributed by atoms with Crippen molar-refractivity contribution in [3.8, 4) is 0 Å². The number of methoxy groups -OCH3 is 1. The lowest BCUT2D eigenvalue weighted by molar-refractivity contribution is -0.0469. The first-order valence-corrected chi connectivity index (χ1v) is 19.8. The van der Waals surface area contributed by atoms with E-state index in [0.29, 0.717) is 33.0 Å². The van der Waals surface area contributed by atoms with Crippen LogP contribution in [-0.2, 0) is 23.7 Å². The molecule has 0 aliphatic carbocycles. The zero-order chi connectivity index (χ0) is 33.6. The van der Waals surface area contributed by atoms with Gasteiger partial charge in [-0.25, -0.2) is 4.79 Å². The molecule has 0 radical (unpaired) electrons. The van der Waals surface area contributed by atoms with Gasteiger partial charge in [-0.2, -0.15) is 0 Å². The van der Waals surface area contributed by atoms with Crippen molar-refractivity contribution in [3.63, 3.8) is 0 Å². The Balaban J connectivity index is 4.09. The number of nitrogens with one attached hydrogen (secondary N) is 1. The summed E-state index contributed by atoms with van der Waals surface area (Å²) in [6, 6.07) is 0. The first-order chi connectivity index (χ1) is 22.6. The van der Waals surface area contributed by atoms with Gasteiger partial charge in [-0.05, 0) is 26.2 Å². The quantitative estimate of drug-likeness (QED) is 0.0666. The summed E-state index contributed by atoms with van der Waals surface area (Å²) >= 11 is 0. The number of ether oxygens (including phenoxy) is 5. The summed E-state index contributed by atoms with van der Waals surface area (Å²) in [5.74, 6) is 0. The maximum Gasteiger partial charge on any atom is 0.407 e. The van der Waals surface area contributed by atoms with Crippen molar-refractivity contribution in [2.45, 2.75) is 193 Å². The third-order valence-electron chi connectivity index (χ3n) is 8.71. The molecule has 7 heteroatoms. The van der Waals surface area contributed by atoms with E-state index < -0.39 is 6.09 Å². The molecule has 276 valence electrons. The van der Waals surface area contributed by atoms with Gasteiger partial charge >= 0.3 is 6.09 Å². The first kappa shape index (κ1) is 45.1. The summed E-state index contributed by atoms with van der Waals surface area (Å²) in [7, 11) is 1.66. The van der Waals surface area contributed by atoms with Gasteiger partial charge in [0.2, 0.25) is 0 Å². The summed E-state index contributed by atoms with van der Waals surface area (Å²) in [6.45, 7) is 10.3. The predicted molar refractivity (Wildman–Crippen MR) is 194 cm³/mol. The molecule has 7 nitrogen and oxygen atoms in total. The molecule has 0 rings (SSSR count). The van der Waals surface area contributed by atoms with E-state index in [1.165, 1.54) is 141 Å². The summed E-state index contributed by atoms with van der Waals surface area (Å²) < 4.78 is 28.3. The van der Waals surface area contributed by atoms with Crippen LogP contribution in [0.3, 0.4) is 0 Å². The third kappa shape index (κ3) is 36.0. The summed E-state index contributed by atoms with van der Waals surface area (Å²) in [6.07, 6.45) is 32.0. The van der Waals surface area contributed by atoms with Crippen molar-refractivity contribution in [2.24, 2.45) is 0 Å². The maximum absolute atomic E-state index is 12.3. The van der Waals surface area contributed by atoms with Crippen molar-refractivity contribution in [3.05, 3.63) is 0 Å². The molecule has 1 N–H and O–H groups in total. The van der Waals surface area contributed by atoms with Crippen LogP contribution in [0.15, 0.2) is 0 Å². The Kier molecular flexibility index (Phi) is 37.8. The van der Waals surface area contributed by atoms with Gasteiger partial charge in [-0.15, -0.1) is 0 Å². The zero-order valence-electron chi connectivity index (χ0n) is 31.2. The highest BCUT2D eigenvalue weighted by atomic mass is 16.6. The van der Waals surface area contributed by atoms with Crippen molar-refractivity contribution in [1.29, 1.82) is 0 Å². The molecule has 2 atom stereocenters. The highest BCUT2D eigenvalue weighted by Crippen LogP contribution is 2.13. The highest BCUT2D eigenvalue weighted by molar-refractivity contribution is 5.67. The number of rotatable bonds is 38. The normalized spacial score (nSPS) is 12.8. The number of carbonyl (C=O) groups is 1. The van der Waals surface area contributed by atoms with E-state index in [1.807, 2.05) is 6.92 Å². The number of alkyl carbamates (subject to hydrolysis) is 1. The van der Waals surface area contributed by atoms with Crippen LogP contribution in [0.4, 0.5) is 4.79 Å². The summed E-state index contributed by atoms with van der Waals surface area (Å²) in [4.78, 5) is 12.3. The minimum absolute atomic E-state index is 0.0517. The monoisotopic (exact) mass is 658 g/mol. The minimum atomic E-state index is -0.413. The molecule has 46 heavy (non-hydrogen) atoms. The van der Waals surface area contributed by atoms with Crippen LogP contribution in [0.25, 0.3) is 0 Å². The van der Waals surface area contributed by atoms with Gasteiger partial charge in [0.25, 0.3) is 0 Å². The molecule has 0 spiro atoms. The van der Waals surface area contributed by atoms with E-state index in [0.717, 1.165) is 25.9 Å². The average molecular weight is 658 g/mol. The number of amides is 1. The lowest BCUT2D eigenvalue weighted by Crippen LogP contribution is -2.33. The van der Waals surface area contributed by atoms with Crippen LogP contribution in [0, 0.1) is 0 Å².